The molecule has 0 unspecified atom stereocenters. The fourth-order valence-corrected chi connectivity index (χ4v) is 5.37. The molecule has 0 aliphatic carbocycles. The zero-order valence-corrected chi connectivity index (χ0v) is 20.9. The summed E-state index contributed by atoms with van der Waals surface area (Å²) in [5.74, 6) is 1.92. The van der Waals surface area contributed by atoms with Gasteiger partial charge in [0.1, 0.15) is 11.2 Å². The molecule has 2 aromatic heterocycles. The van der Waals surface area contributed by atoms with Gasteiger partial charge in [-0.05, 0) is 51.9 Å². The van der Waals surface area contributed by atoms with E-state index in [4.69, 9.17) is 19.4 Å². The molecule has 0 radical (unpaired) electrons. The van der Waals surface area contributed by atoms with Gasteiger partial charge < -0.3 is 4.42 Å². The highest BCUT2D eigenvalue weighted by Crippen LogP contribution is 2.37. The monoisotopic (exact) mass is 499 g/mol. The van der Waals surface area contributed by atoms with Crippen LogP contribution in [-0.4, -0.2) is 15.0 Å². The Bertz CT molecular complexity index is 2180. The van der Waals surface area contributed by atoms with Crippen LogP contribution in [0.5, 0.6) is 0 Å². The molecule has 2 heterocycles. The lowest BCUT2D eigenvalue weighted by atomic mass is 10.0. The zero-order chi connectivity index (χ0) is 25.8. The van der Waals surface area contributed by atoms with E-state index < -0.39 is 0 Å². The second kappa shape index (κ2) is 8.61. The van der Waals surface area contributed by atoms with Crippen LogP contribution in [0.1, 0.15) is 0 Å². The van der Waals surface area contributed by atoms with E-state index in [1.54, 1.807) is 0 Å². The van der Waals surface area contributed by atoms with Gasteiger partial charge in [0, 0.05) is 27.5 Å². The highest BCUT2D eigenvalue weighted by molar-refractivity contribution is 6.19. The summed E-state index contributed by atoms with van der Waals surface area (Å²) >= 11 is 0. The van der Waals surface area contributed by atoms with E-state index in [2.05, 4.69) is 78.9 Å². The third-order valence-electron chi connectivity index (χ3n) is 7.29. The number of furan rings is 1. The summed E-state index contributed by atoms with van der Waals surface area (Å²) in [6.45, 7) is 0. The number of hydrogen-bond acceptors (Lipinski definition) is 4. The Morgan fingerprint density at radius 1 is 0.385 bits per heavy atom. The first kappa shape index (κ1) is 21.7. The van der Waals surface area contributed by atoms with E-state index in [1.807, 2.05) is 48.5 Å². The van der Waals surface area contributed by atoms with Crippen molar-refractivity contribution in [2.75, 3.05) is 0 Å². The van der Waals surface area contributed by atoms with Crippen LogP contribution in [0.2, 0.25) is 0 Å². The molecule has 0 aliphatic rings. The van der Waals surface area contributed by atoms with Crippen molar-refractivity contribution in [3.8, 4) is 34.2 Å². The molecule has 0 atom stereocenters. The molecule has 182 valence electrons. The minimum atomic E-state index is 0.628. The fourth-order valence-electron chi connectivity index (χ4n) is 5.37. The maximum atomic E-state index is 6.23. The lowest BCUT2D eigenvalue weighted by molar-refractivity contribution is 0.669. The van der Waals surface area contributed by atoms with Crippen LogP contribution in [0.25, 0.3) is 77.6 Å². The van der Waals surface area contributed by atoms with Crippen molar-refractivity contribution in [1.82, 2.24) is 15.0 Å². The van der Waals surface area contributed by atoms with Gasteiger partial charge in [0.2, 0.25) is 0 Å². The summed E-state index contributed by atoms with van der Waals surface area (Å²) in [5, 5.41) is 6.84. The molecule has 0 N–H and O–H groups in total. The minimum Gasteiger partial charge on any atom is -0.456 e. The van der Waals surface area contributed by atoms with E-state index >= 15 is 0 Å². The second-order valence-corrected chi connectivity index (χ2v) is 9.71. The Balaban J connectivity index is 1.36. The summed E-state index contributed by atoms with van der Waals surface area (Å²) < 4.78 is 6.23. The lowest BCUT2D eigenvalue weighted by Gasteiger charge is -2.09. The number of hydrogen-bond donors (Lipinski definition) is 0. The molecule has 4 heteroatoms. The zero-order valence-electron chi connectivity index (χ0n) is 20.9. The Labute approximate surface area is 224 Å². The van der Waals surface area contributed by atoms with Crippen LogP contribution in [0.3, 0.4) is 0 Å². The van der Waals surface area contributed by atoms with Crippen molar-refractivity contribution in [3.05, 3.63) is 127 Å². The molecule has 8 aromatic rings. The van der Waals surface area contributed by atoms with E-state index in [1.165, 1.54) is 16.2 Å². The second-order valence-electron chi connectivity index (χ2n) is 9.71. The molecule has 8 rings (SSSR count). The molecule has 39 heavy (non-hydrogen) atoms. The maximum Gasteiger partial charge on any atom is 0.164 e. The van der Waals surface area contributed by atoms with E-state index in [0.717, 1.165) is 44.0 Å². The quantitative estimate of drug-likeness (QED) is 0.243. The molecule has 6 aromatic carbocycles. The average Bonchev–Trinajstić information content (AvgIpc) is 3.39. The van der Waals surface area contributed by atoms with E-state index in [-0.39, 0.29) is 0 Å². The van der Waals surface area contributed by atoms with Gasteiger partial charge in [-0.25, -0.2) is 15.0 Å². The molecule has 0 bridgehead atoms. The first-order valence-electron chi connectivity index (χ1n) is 13.0. The van der Waals surface area contributed by atoms with Crippen LogP contribution in [0.15, 0.2) is 132 Å². The van der Waals surface area contributed by atoms with E-state index in [0.29, 0.717) is 17.5 Å². The van der Waals surface area contributed by atoms with E-state index in [9.17, 15) is 0 Å². The van der Waals surface area contributed by atoms with Gasteiger partial charge in [0.25, 0.3) is 0 Å². The topological polar surface area (TPSA) is 51.8 Å². The third-order valence-corrected chi connectivity index (χ3v) is 7.29. The van der Waals surface area contributed by atoms with Crippen molar-refractivity contribution in [2.24, 2.45) is 0 Å². The molecular formula is C35H21N3O. The molecule has 0 saturated carbocycles. The molecule has 0 spiro atoms. The largest absolute Gasteiger partial charge is 0.456 e. The summed E-state index contributed by atoms with van der Waals surface area (Å²) in [4.78, 5) is 14.8. The number of aromatic nitrogens is 3. The third kappa shape index (κ3) is 3.65. The summed E-state index contributed by atoms with van der Waals surface area (Å²) in [6, 6.07) is 43.5. The summed E-state index contributed by atoms with van der Waals surface area (Å²) in [7, 11) is 0. The predicted octanol–water partition coefficient (Wildman–Crippen LogP) is 9.08. The highest BCUT2D eigenvalue weighted by atomic mass is 16.3. The first-order valence-corrected chi connectivity index (χ1v) is 13.0. The van der Waals surface area contributed by atoms with Gasteiger partial charge in [-0.15, -0.1) is 0 Å². The smallest absolute Gasteiger partial charge is 0.164 e. The van der Waals surface area contributed by atoms with Gasteiger partial charge in [-0.1, -0.05) is 97.1 Å². The Morgan fingerprint density at radius 2 is 0.974 bits per heavy atom. The fraction of sp³-hybridized carbons (Fsp3) is 0. The Morgan fingerprint density at radius 3 is 1.79 bits per heavy atom. The molecule has 0 fully saturated rings. The number of rotatable bonds is 3. The van der Waals surface area contributed by atoms with Crippen LogP contribution < -0.4 is 0 Å². The van der Waals surface area contributed by atoms with Gasteiger partial charge >= 0.3 is 0 Å². The van der Waals surface area contributed by atoms with Crippen LogP contribution in [0, 0.1) is 0 Å². The van der Waals surface area contributed by atoms with Gasteiger partial charge in [-0.3, -0.25) is 0 Å². The Hall–Kier alpha value is -5.35. The first-order chi connectivity index (χ1) is 19.3. The van der Waals surface area contributed by atoms with Crippen molar-refractivity contribution in [3.63, 3.8) is 0 Å². The van der Waals surface area contributed by atoms with Crippen LogP contribution in [0.4, 0.5) is 0 Å². The molecule has 0 saturated heterocycles. The molecule has 4 nitrogen and oxygen atoms in total. The summed E-state index contributed by atoms with van der Waals surface area (Å²) in [6.07, 6.45) is 0. The van der Waals surface area contributed by atoms with Crippen molar-refractivity contribution < 1.29 is 4.42 Å². The minimum absolute atomic E-state index is 0.628. The normalized spacial score (nSPS) is 11.6. The van der Waals surface area contributed by atoms with Crippen LogP contribution >= 0.6 is 0 Å². The average molecular weight is 500 g/mol. The summed E-state index contributed by atoms with van der Waals surface area (Å²) in [5.41, 5.74) is 4.54. The number of benzene rings is 6. The van der Waals surface area contributed by atoms with Crippen molar-refractivity contribution in [2.45, 2.75) is 0 Å². The SMILES string of the molecule is c1ccc(-c2nc(-c3ccc4ccccc4c3)nc(-c3ccc4oc5ccc6ccccc6c5c4c3)n2)cc1. The molecular weight excluding hydrogens is 478 g/mol. The number of nitrogens with zero attached hydrogens (tertiary/aromatic N) is 3. The van der Waals surface area contributed by atoms with Gasteiger partial charge in [-0.2, -0.15) is 0 Å². The molecule has 0 amide bonds. The lowest BCUT2D eigenvalue weighted by Crippen LogP contribution is -2.00. The number of fused-ring (bicyclic) bond motifs is 6. The van der Waals surface area contributed by atoms with Gasteiger partial charge in [0.15, 0.2) is 17.5 Å². The van der Waals surface area contributed by atoms with Crippen molar-refractivity contribution >= 4 is 43.5 Å². The molecule has 0 aliphatic heterocycles. The maximum absolute atomic E-state index is 6.23. The Kier molecular flexibility index (Phi) is 4.79. The highest BCUT2D eigenvalue weighted by Gasteiger charge is 2.16. The standard InChI is InChI=1S/C35H21N3O/c1-2-10-24(11-3-1)33-36-34(26-15-14-22-8-4-5-12-25(22)20-26)38-35(37-33)27-17-18-30-29(21-27)32-28-13-7-6-9-23(28)16-19-31(32)39-30/h1-21H. The predicted molar refractivity (Wildman–Crippen MR) is 158 cm³/mol. The van der Waals surface area contributed by atoms with Crippen molar-refractivity contribution in [1.29, 1.82) is 0 Å². The van der Waals surface area contributed by atoms with Gasteiger partial charge in [0.05, 0.1) is 0 Å². The van der Waals surface area contributed by atoms with Crippen LogP contribution in [-0.2, 0) is 0 Å².